The van der Waals surface area contributed by atoms with Crippen LogP contribution < -0.4 is 21.7 Å². The van der Waals surface area contributed by atoms with E-state index in [4.69, 9.17) is 15.2 Å². The fourth-order valence-corrected chi connectivity index (χ4v) is 3.78. The van der Waals surface area contributed by atoms with Crippen molar-refractivity contribution in [3.8, 4) is 0 Å². The minimum Gasteiger partial charge on any atom is -0.445 e. The number of carbonyl (C=O) groups is 3. The standard InChI is InChI=1S/C30H36N4O5/c31-27(17-10-18-32-29(36)38-21-24-13-6-2-7-14-24)28(35)33-20-26(19-23-11-4-1-5-12-23)34-30(37)39-22-25-15-8-3-9-16-25/h1-9,11-16,26-27H,10,17-22,31H2,(H,32,36)(H,33,35)(H,34,37)/t26-,27+/m0/s1. The van der Waals surface area contributed by atoms with Gasteiger partial charge in [0, 0.05) is 13.1 Å². The molecule has 0 saturated carbocycles. The predicted molar refractivity (Wildman–Crippen MR) is 149 cm³/mol. The number of carbonyl (C=O) groups excluding carboxylic acids is 3. The average molecular weight is 533 g/mol. The van der Waals surface area contributed by atoms with Crippen molar-refractivity contribution in [3.05, 3.63) is 108 Å². The molecule has 3 rings (SSSR count). The number of hydrogen-bond donors (Lipinski definition) is 4. The maximum Gasteiger partial charge on any atom is 0.407 e. The lowest BCUT2D eigenvalue weighted by atomic mass is 10.1. The smallest absolute Gasteiger partial charge is 0.407 e. The number of nitrogens with two attached hydrogens (primary N) is 1. The Kier molecular flexibility index (Phi) is 12.3. The maximum absolute atomic E-state index is 12.6. The van der Waals surface area contributed by atoms with Crippen molar-refractivity contribution >= 4 is 18.1 Å². The zero-order valence-corrected chi connectivity index (χ0v) is 21.9. The Bertz CT molecular complexity index is 1150. The summed E-state index contributed by atoms with van der Waals surface area (Å²) in [6.45, 7) is 0.856. The molecule has 0 radical (unpaired) electrons. The highest BCUT2D eigenvalue weighted by atomic mass is 16.6. The van der Waals surface area contributed by atoms with Crippen LogP contribution in [0.4, 0.5) is 9.59 Å². The fourth-order valence-electron chi connectivity index (χ4n) is 3.78. The highest BCUT2D eigenvalue weighted by Crippen LogP contribution is 2.06. The van der Waals surface area contributed by atoms with E-state index < -0.39 is 24.3 Å². The average Bonchev–Trinajstić information content (AvgIpc) is 2.97. The first kappa shape index (κ1) is 29.2. The van der Waals surface area contributed by atoms with Gasteiger partial charge >= 0.3 is 12.2 Å². The van der Waals surface area contributed by atoms with E-state index in [1.54, 1.807) is 0 Å². The van der Waals surface area contributed by atoms with Crippen LogP contribution in [0.5, 0.6) is 0 Å². The number of benzene rings is 3. The molecular weight excluding hydrogens is 496 g/mol. The number of amides is 3. The van der Waals surface area contributed by atoms with Crippen LogP contribution in [-0.2, 0) is 33.9 Å². The topological polar surface area (TPSA) is 132 Å². The van der Waals surface area contributed by atoms with E-state index in [2.05, 4.69) is 16.0 Å². The summed E-state index contributed by atoms with van der Waals surface area (Å²) in [4.78, 5) is 36.9. The van der Waals surface area contributed by atoms with Crippen LogP contribution in [-0.4, -0.2) is 43.3 Å². The highest BCUT2D eigenvalue weighted by molar-refractivity contribution is 5.81. The largest absolute Gasteiger partial charge is 0.445 e. The number of rotatable bonds is 14. The molecule has 9 nitrogen and oxygen atoms in total. The molecule has 39 heavy (non-hydrogen) atoms. The van der Waals surface area contributed by atoms with E-state index >= 15 is 0 Å². The summed E-state index contributed by atoms with van der Waals surface area (Å²) in [7, 11) is 0. The molecule has 0 spiro atoms. The Morgan fingerprint density at radius 1 is 0.692 bits per heavy atom. The quantitative estimate of drug-likeness (QED) is 0.234. The Morgan fingerprint density at radius 3 is 1.77 bits per heavy atom. The van der Waals surface area contributed by atoms with Gasteiger partial charge in [0.25, 0.3) is 0 Å². The van der Waals surface area contributed by atoms with Gasteiger partial charge in [0.2, 0.25) is 5.91 Å². The molecule has 0 heterocycles. The molecule has 0 aliphatic rings. The van der Waals surface area contributed by atoms with Crippen molar-refractivity contribution < 1.29 is 23.9 Å². The molecule has 3 amide bonds. The van der Waals surface area contributed by atoms with Crippen molar-refractivity contribution in [1.82, 2.24) is 16.0 Å². The first-order chi connectivity index (χ1) is 19.0. The van der Waals surface area contributed by atoms with E-state index in [-0.39, 0.29) is 25.7 Å². The zero-order chi connectivity index (χ0) is 27.7. The van der Waals surface area contributed by atoms with Crippen molar-refractivity contribution in [2.75, 3.05) is 13.1 Å². The summed E-state index contributed by atoms with van der Waals surface area (Å²) in [5.74, 6) is -0.334. The van der Waals surface area contributed by atoms with E-state index in [9.17, 15) is 14.4 Å². The molecule has 206 valence electrons. The lowest BCUT2D eigenvalue weighted by Crippen LogP contribution is -2.49. The molecule has 0 aliphatic carbocycles. The monoisotopic (exact) mass is 532 g/mol. The minimum absolute atomic E-state index is 0.149. The highest BCUT2D eigenvalue weighted by Gasteiger charge is 2.18. The number of nitrogens with one attached hydrogen (secondary N) is 3. The molecule has 0 aliphatic heterocycles. The van der Waals surface area contributed by atoms with E-state index in [0.29, 0.717) is 25.8 Å². The molecule has 0 aromatic heterocycles. The molecule has 3 aromatic carbocycles. The van der Waals surface area contributed by atoms with Crippen LogP contribution in [0, 0.1) is 0 Å². The van der Waals surface area contributed by atoms with Gasteiger partial charge in [-0.2, -0.15) is 0 Å². The number of alkyl carbamates (subject to hydrolysis) is 2. The van der Waals surface area contributed by atoms with Crippen molar-refractivity contribution in [2.24, 2.45) is 5.73 Å². The molecule has 0 saturated heterocycles. The third-order valence-electron chi connectivity index (χ3n) is 5.89. The first-order valence-electron chi connectivity index (χ1n) is 13.0. The van der Waals surface area contributed by atoms with Gasteiger partial charge in [0.1, 0.15) is 13.2 Å². The normalized spacial score (nSPS) is 12.0. The van der Waals surface area contributed by atoms with Crippen LogP contribution in [0.2, 0.25) is 0 Å². The number of ether oxygens (including phenoxy) is 2. The van der Waals surface area contributed by atoms with Crippen LogP contribution in [0.15, 0.2) is 91.0 Å². The van der Waals surface area contributed by atoms with Gasteiger partial charge in [0.15, 0.2) is 0 Å². The van der Waals surface area contributed by atoms with Crippen molar-refractivity contribution in [2.45, 2.75) is 44.6 Å². The van der Waals surface area contributed by atoms with Crippen LogP contribution in [0.25, 0.3) is 0 Å². The Labute approximate surface area is 229 Å². The SMILES string of the molecule is N[C@H](CCCNC(=O)OCc1ccccc1)C(=O)NC[C@H](Cc1ccccc1)NC(=O)OCc1ccccc1. The molecule has 2 atom stereocenters. The van der Waals surface area contributed by atoms with E-state index in [1.165, 1.54) is 0 Å². The number of hydrogen-bond acceptors (Lipinski definition) is 6. The van der Waals surface area contributed by atoms with Gasteiger partial charge in [-0.05, 0) is 36.0 Å². The predicted octanol–water partition coefficient (Wildman–Crippen LogP) is 3.67. The van der Waals surface area contributed by atoms with Gasteiger partial charge in [-0.3, -0.25) is 4.79 Å². The van der Waals surface area contributed by atoms with Gasteiger partial charge in [0.05, 0.1) is 12.1 Å². The fraction of sp³-hybridized carbons (Fsp3) is 0.300. The van der Waals surface area contributed by atoms with Crippen LogP contribution in [0.1, 0.15) is 29.5 Å². The molecule has 0 unspecified atom stereocenters. The second-order valence-electron chi connectivity index (χ2n) is 9.08. The lowest BCUT2D eigenvalue weighted by molar-refractivity contribution is -0.122. The molecule has 0 bridgehead atoms. The van der Waals surface area contributed by atoms with Gasteiger partial charge < -0.3 is 31.2 Å². The van der Waals surface area contributed by atoms with E-state index in [1.807, 2.05) is 91.0 Å². The third-order valence-corrected chi connectivity index (χ3v) is 5.89. The lowest BCUT2D eigenvalue weighted by Gasteiger charge is -2.21. The maximum atomic E-state index is 12.6. The van der Waals surface area contributed by atoms with E-state index in [0.717, 1.165) is 16.7 Å². The molecule has 0 fully saturated rings. The zero-order valence-electron chi connectivity index (χ0n) is 21.9. The minimum atomic E-state index is -0.755. The summed E-state index contributed by atoms with van der Waals surface area (Å²) >= 11 is 0. The summed E-state index contributed by atoms with van der Waals surface area (Å²) in [5.41, 5.74) is 8.84. The molecular formula is C30H36N4O5. The van der Waals surface area contributed by atoms with Gasteiger partial charge in [-0.15, -0.1) is 0 Å². The van der Waals surface area contributed by atoms with Gasteiger partial charge in [-0.25, -0.2) is 9.59 Å². The second-order valence-corrected chi connectivity index (χ2v) is 9.08. The first-order valence-corrected chi connectivity index (χ1v) is 13.0. The van der Waals surface area contributed by atoms with Crippen molar-refractivity contribution in [3.63, 3.8) is 0 Å². The molecule has 3 aromatic rings. The van der Waals surface area contributed by atoms with Crippen LogP contribution in [0.3, 0.4) is 0 Å². The Morgan fingerprint density at radius 2 is 1.21 bits per heavy atom. The second kappa shape index (κ2) is 16.5. The summed E-state index contributed by atoms with van der Waals surface area (Å²) < 4.78 is 10.5. The third kappa shape index (κ3) is 11.7. The Balaban J connectivity index is 1.38. The summed E-state index contributed by atoms with van der Waals surface area (Å²) in [6.07, 6.45) is 0.299. The summed E-state index contributed by atoms with van der Waals surface area (Å²) in [5, 5.41) is 8.32. The summed E-state index contributed by atoms with van der Waals surface area (Å²) in [6, 6.07) is 27.3. The van der Waals surface area contributed by atoms with Gasteiger partial charge in [-0.1, -0.05) is 91.0 Å². The molecule has 9 heteroatoms. The van der Waals surface area contributed by atoms with Crippen molar-refractivity contribution in [1.29, 1.82) is 0 Å². The van der Waals surface area contributed by atoms with Crippen LogP contribution >= 0.6 is 0 Å². The molecule has 5 N–H and O–H groups in total. The Hall–Kier alpha value is -4.37.